The monoisotopic (exact) mass is 202 g/mol. The Morgan fingerprint density at radius 3 is 2.93 bits per heavy atom. The summed E-state index contributed by atoms with van der Waals surface area (Å²) in [4.78, 5) is 9.92. The predicted octanol–water partition coefficient (Wildman–Crippen LogP) is 2.52. The fourth-order valence-corrected chi connectivity index (χ4v) is 1.38. The van der Waals surface area contributed by atoms with E-state index in [4.69, 9.17) is 0 Å². The van der Waals surface area contributed by atoms with Crippen molar-refractivity contribution in [1.29, 1.82) is 0 Å². The summed E-state index contributed by atoms with van der Waals surface area (Å²) in [6.07, 6.45) is 2.91. The van der Waals surface area contributed by atoms with E-state index in [1.807, 2.05) is 6.92 Å². The third-order valence-corrected chi connectivity index (χ3v) is 2.32. The van der Waals surface area contributed by atoms with Gasteiger partial charge in [0.05, 0.1) is 6.61 Å². The number of ether oxygens (including phenoxy) is 1. The largest absolute Gasteiger partial charge is 0.468 e. The molecule has 0 fully saturated rings. The second-order valence-electron chi connectivity index (χ2n) is 3.37. The van der Waals surface area contributed by atoms with E-state index in [0.29, 0.717) is 12.9 Å². The molecule has 0 saturated heterocycles. The molecule has 0 bridgehead atoms. The van der Waals surface area contributed by atoms with Crippen LogP contribution in [0.1, 0.15) is 13.3 Å². The molecular formula is C10H12F2O2. The van der Waals surface area contributed by atoms with E-state index in [2.05, 4.69) is 4.74 Å². The fraction of sp³-hybridized carbons (Fsp3) is 0.500. The Morgan fingerprint density at radius 2 is 2.36 bits per heavy atom. The number of hydrogen-bond acceptors (Lipinski definition) is 2. The van der Waals surface area contributed by atoms with Crippen molar-refractivity contribution in [1.82, 2.24) is 0 Å². The van der Waals surface area contributed by atoms with Gasteiger partial charge >= 0.3 is 0 Å². The molecule has 0 amide bonds. The minimum Gasteiger partial charge on any atom is -0.468 e. The lowest BCUT2D eigenvalue weighted by Crippen LogP contribution is -2.16. The highest BCUT2D eigenvalue weighted by atomic mass is 19.2. The first kappa shape index (κ1) is 10.9. The van der Waals surface area contributed by atoms with Crippen LogP contribution >= 0.6 is 0 Å². The van der Waals surface area contributed by atoms with Crippen molar-refractivity contribution in [2.75, 3.05) is 6.61 Å². The third kappa shape index (κ3) is 2.65. The smallest absolute Gasteiger partial charge is 0.293 e. The van der Waals surface area contributed by atoms with Gasteiger partial charge in [-0.2, -0.15) is 0 Å². The third-order valence-electron chi connectivity index (χ3n) is 2.32. The first-order chi connectivity index (χ1) is 6.65. The summed E-state index contributed by atoms with van der Waals surface area (Å²) in [7, 11) is 0. The van der Waals surface area contributed by atoms with Crippen molar-refractivity contribution in [3.63, 3.8) is 0 Å². The average molecular weight is 202 g/mol. The van der Waals surface area contributed by atoms with Crippen LogP contribution < -0.4 is 0 Å². The summed E-state index contributed by atoms with van der Waals surface area (Å²) in [6, 6.07) is 0. The van der Waals surface area contributed by atoms with Crippen molar-refractivity contribution in [2.24, 2.45) is 11.8 Å². The molecule has 0 heterocycles. The van der Waals surface area contributed by atoms with Crippen LogP contribution in [0.3, 0.4) is 0 Å². The number of hydrogen-bond donors (Lipinski definition) is 0. The predicted molar refractivity (Wildman–Crippen MR) is 47.7 cm³/mol. The van der Waals surface area contributed by atoms with Crippen LogP contribution in [-0.2, 0) is 9.53 Å². The highest BCUT2D eigenvalue weighted by Gasteiger charge is 2.21. The number of halogens is 2. The normalized spacial score (nSPS) is 23.5. The molecule has 0 aromatic rings. The summed E-state index contributed by atoms with van der Waals surface area (Å²) in [6.45, 7) is 2.41. The molecule has 0 saturated carbocycles. The maximum atomic E-state index is 12.8. The van der Waals surface area contributed by atoms with Crippen LogP contribution in [-0.4, -0.2) is 13.1 Å². The second-order valence-corrected chi connectivity index (χ2v) is 3.37. The van der Waals surface area contributed by atoms with Crippen molar-refractivity contribution in [3.8, 4) is 0 Å². The van der Waals surface area contributed by atoms with E-state index in [0.717, 1.165) is 0 Å². The summed E-state index contributed by atoms with van der Waals surface area (Å²) in [5.41, 5.74) is 0. The number of carbonyl (C=O) groups excluding carboxylic acids is 1. The first-order valence-electron chi connectivity index (χ1n) is 4.43. The van der Waals surface area contributed by atoms with E-state index < -0.39 is 11.7 Å². The lowest BCUT2D eigenvalue weighted by atomic mass is 9.88. The van der Waals surface area contributed by atoms with Gasteiger partial charge in [0.15, 0.2) is 11.7 Å². The number of rotatable bonds is 4. The first-order valence-corrected chi connectivity index (χ1v) is 4.43. The zero-order valence-corrected chi connectivity index (χ0v) is 7.87. The minimum absolute atomic E-state index is 0.00435. The van der Waals surface area contributed by atoms with Crippen molar-refractivity contribution in [3.05, 3.63) is 23.8 Å². The molecule has 1 aliphatic carbocycles. The summed E-state index contributed by atoms with van der Waals surface area (Å²) in [5, 5.41) is 0. The van der Waals surface area contributed by atoms with Gasteiger partial charge in [0.25, 0.3) is 6.47 Å². The van der Waals surface area contributed by atoms with E-state index in [9.17, 15) is 13.6 Å². The van der Waals surface area contributed by atoms with Crippen LogP contribution in [0, 0.1) is 11.8 Å². The van der Waals surface area contributed by atoms with Crippen molar-refractivity contribution in [2.45, 2.75) is 13.3 Å². The summed E-state index contributed by atoms with van der Waals surface area (Å²) >= 11 is 0. The molecule has 4 heteroatoms. The Morgan fingerprint density at radius 1 is 1.64 bits per heavy atom. The lowest BCUT2D eigenvalue weighted by Gasteiger charge is -2.20. The molecule has 0 aromatic heterocycles. The molecular weight excluding hydrogens is 190 g/mol. The Kier molecular flexibility index (Phi) is 3.80. The van der Waals surface area contributed by atoms with E-state index in [1.165, 1.54) is 12.2 Å². The summed E-state index contributed by atoms with van der Waals surface area (Å²) < 4.78 is 30.0. The van der Waals surface area contributed by atoms with Crippen LogP contribution in [0.15, 0.2) is 23.8 Å². The Balaban J connectivity index is 2.51. The molecule has 1 aliphatic rings. The lowest BCUT2D eigenvalue weighted by molar-refractivity contribution is -0.130. The molecule has 2 unspecified atom stereocenters. The maximum Gasteiger partial charge on any atom is 0.293 e. The van der Waals surface area contributed by atoms with Gasteiger partial charge in [0, 0.05) is 0 Å². The molecule has 0 spiro atoms. The zero-order chi connectivity index (χ0) is 10.6. The van der Waals surface area contributed by atoms with E-state index >= 15 is 0 Å². The van der Waals surface area contributed by atoms with Gasteiger partial charge in [-0.25, -0.2) is 8.78 Å². The van der Waals surface area contributed by atoms with Crippen LogP contribution in [0.5, 0.6) is 0 Å². The Bertz CT molecular complexity index is 271. The molecule has 0 aliphatic heterocycles. The van der Waals surface area contributed by atoms with Gasteiger partial charge in [-0.15, -0.1) is 0 Å². The van der Waals surface area contributed by atoms with Gasteiger partial charge in [0.2, 0.25) is 0 Å². The molecule has 0 aromatic carbocycles. The van der Waals surface area contributed by atoms with Gasteiger partial charge in [0.1, 0.15) is 0 Å². The van der Waals surface area contributed by atoms with Crippen LogP contribution in [0.25, 0.3) is 0 Å². The van der Waals surface area contributed by atoms with Gasteiger partial charge < -0.3 is 4.74 Å². The highest BCUT2D eigenvalue weighted by molar-refractivity contribution is 5.36. The molecule has 14 heavy (non-hydrogen) atoms. The highest BCUT2D eigenvalue weighted by Crippen LogP contribution is 2.29. The summed E-state index contributed by atoms with van der Waals surface area (Å²) in [5.74, 6) is -1.73. The molecule has 2 nitrogen and oxygen atoms in total. The maximum absolute atomic E-state index is 12.8. The van der Waals surface area contributed by atoms with E-state index in [-0.39, 0.29) is 18.4 Å². The molecule has 0 radical (unpaired) electrons. The minimum atomic E-state index is -0.820. The Labute approximate surface area is 81.2 Å². The number of allylic oxidation sites excluding steroid dienone is 4. The molecule has 1 rings (SSSR count). The van der Waals surface area contributed by atoms with Gasteiger partial charge in [-0.3, -0.25) is 4.79 Å². The zero-order valence-electron chi connectivity index (χ0n) is 7.87. The fourth-order valence-electron chi connectivity index (χ4n) is 1.38. The standard InChI is InChI=1S/C10H12F2O2/c1-7(5-14-6-13)8-2-3-9(11)10(12)4-8/h3-4,6-8H,2,5H2,1H3. The van der Waals surface area contributed by atoms with Crippen molar-refractivity contribution >= 4 is 6.47 Å². The quantitative estimate of drug-likeness (QED) is 0.655. The van der Waals surface area contributed by atoms with Crippen LogP contribution in [0.4, 0.5) is 8.78 Å². The van der Waals surface area contributed by atoms with Crippen LogP contribution in [0.2, 0.25) is 0 Å². The average Bonchev–Trinajstić information content (AvgIpc) is 2.18. The van der Waals surface area contributed by atoms with Gasteiger partial charge in [-0.05, 0) is 30.4 Å². The second kappa shape index (κ2) is 4.88. The molecule has 0 N–H and O–H groups in total. The molecule has 78 valence electrons. The Hall–Kier alpha value is -1.19. The SMILES string of the molecule is CC(COC=O)C1C=C(F)C(F)=CC1. The van der Waals surface area contributed by atoms with Crippen molar-refractivity contribution < 1.29 is 18.3 Å². The van der Waals surface area contributed by atoms with E-state index in [1.54, 1.807) is 0 Å². The van der Waals surface area contributed by atoms with Gasteiger partial charge in [-0.1, -0.05) is 6.92 Å². The topological polar surface area (TPSA) is 26.3 Å². The number of carbonyl (C=O) groups is 1. The molecule has 2 atom stereocenters.